The van der Waals surface area contributed by atoms with E-state index in [2.05, 4.69) is 5.32 Å². The third kappa shape index (κ3) is 4.24. The Morgan fingerprint density at radius 1 is 1.10 bits per heavy atom. The van der Waals surface area contributed by atoms with E-state index >= 15 is 0 Å². The lowest BCUT2D eigenvalue weighted by Crippen LogP contribution is -2.16. The third-order valence-electron chi connectivity index (χ3n) is 2.61. The van der Waals surface area contributed by atoms with E-state index in [1.807, 2.05) is 30.3 Å². The zero-order chi connectivity index (χ0) is 15.2. The second-order valence-electron chi connectivity index (χ2n) is 4.12. The lowest BCUT2D eigenvalue weighted by molar-refractivity contribution is -0.113. The van der Waals surface area contributed by atoms with Gasteiger partial charge in [0.25, 0.3) is 0 Å². The summed E-state index contributed by atoms with van der Waals surface area (Å²) in [5.74, 6) is -1.27. The van der Waals surface area contributed by atoms with Crippen molar-refractivity contribution in [3.8, 4) is 0 Å². The van der Waals surface area contributed by atoms with Crippen molar-refractivity contribution in [1.82, 2.24) is 0 Å². The van der Waals surface area contributed by atoms with Gasteiger partial charge in [0.2, 0.25) is 5.91 Å². The molecule has 21 heavy (non-hydrogen) atoms. The molecule has 0 saturated heterocycles. The molecule has 4 nitrogen and oxygen atoms in total. The molecular formula is C15H12ClNO3S. The van der Waals surface area contributed by atoms with Gasteiger partial charge in [-0.05, 0) is 24.3 Å². The minimum atomic E-state index is -1.17. The molecule has 2 aromatic rings. The van der Waals surface area contributed by atoms with E-state index in [-0.39, 0.29) is 27.9 Å². The standard InChI is InChI=1S/C15H12ClNO3S/c16-11-7-4-8-12(14(11)15(19)20)17-13(18)9-21-10-5-2-1-3-6-10/h1-8H,9H2,(H,17,18)(H,19,20). The molecule has 0 aromatic heterocycles. The van der Waals surface area contributed by atoms with E-state index in [0.717, 1.165) is 4.90 Å². The van der Waals surface area contributed by atoms with Crippen LogP contribution in [0.3, 0.4) is 0 Å². The Labute approximate surface area is 131 Å². The van der Waals surface area contributed by atoms with Crippen LogP contribution in [0, 0.1) is 0 Å². The van der Waals surface area contributed by atoms with Crippen LogP contribution in [0.25, 0.3) is 0 Å². The number of nitrogens with one attached hydrogen (secondary N) is 1. The summed E-state index contributed by atoms with van der Waals surface area (Å²) in [5, 5.41) is 11.8. The number of carboxylic acid groups (broad SMARTS) is 1. The van der Waals surface area contributed by atoms with Gasteiger partial charge < -0.3 is 10.4 Å². The van der Waals surface area contributed by atoms with Crippen LogP contribution in [0.1, 0.15) is 10.4 Å². The summed E-state index contributed by atoms with van der Waals surface area (Å²) in [6.45, 7) is 0. The lowest BCUT2D eigenvalue weighted by Gasteiger charge is -2.09. The first-order valence-corrected chi connectivity index (χ1v) is 7.44. The molecule has 2 N–H and O–H groups in total. The molecule has 1 amide bonds. The van der Waals surface area contributed by atoms with Crippen molar-refractivity contribution in [2.24, 2.45) is 0 Å². The highest BCUT2D eigenvalue weighted by molar-refractivity contribution is 8.00. The highest BCUT2D eigenvalue weighted by atomic mass is 35.5. The number of carboxylic acids is 1. The van der Waals surface area contributed by atoms with Crippen LogP contribution in [0.4, 0.5) is 5.69 Å². The number of hydrogen-bond donors (Lipinski definition) is 2. The highest BCUT2D eigenvalue weighted by Crippen LogP contribution is 2.25. The molecule has 0 fully saturated rings. The second-order valence-corrected chi connectivity index (χ2v) is 5.57. The SMILES string of the molecule is O=C(CSc1ccccc1)Nc1cccc(Cl)c1C(=O)O. The number of carbonyl (C=O) groups excluding carboxylic acids is 1. The molecule has 6 heteroatoms. The Kier molecular flexibility index (Phi) is 5.25. The smallest absolute Gasteiger partial charge is 0.339 e. The van der Waals surface area contributed by atoms with Gasteiger partial charge in [-0.15, -0.1) is 11.8 Å². The molecule has 0 bridgehead atoms. The quantitative estimate of drug-likeness (QED) is 0.823. The fraction of sp³-hybridized carbons (Fsp3) is 0.0667. The highest BCUT2D eigenvalue weighted by Gasteiger charge is 2.16. The summed E-state index contributed by atoms with van der Waals surface area (Å²) in [7, 11) is 0. The zero-order valence-corrected chi connectivity index (χ0v) is 12.4. The Hall–Kier alpha value is -1.98. The summed E-state index contributed by atoms with van der Waals surface area (Å²) >= 11 is 7.22. The minimum Gasteiger partial charge on any atom is -0.478 e. The van der Waals surface area contributed by atoms with Crippen LogP contribution >= 0.6 is 23.4 Å². The van der Waals surface area contributed by atoms with Crippen LogP contribution in [0.5, 0.6) is 0 Å². The third-order valence-corrected chi connectivity index (χ3v) is 3.94. The predicted octanol–water partition coefficient (Wildman–Crippen LogP) is 3.77. The van der Waals surface area contributed by atoms with E-state index in [0.29, 0.717) is 0 Å². The van der Waals surface area contributed by atoms with Gasteiger partial charge in [-0.2, -0.15) is 0 Å². The lowest BCUT2D eigenvalue weighted by atomic mass is 10.2. The molecule has 0 unspecified atom stereocenters. The summed E-state index contributed by atoms with van der Waals surface area (Å²) in [4.78, 5) is 24.0. The number of benzene rings is 2. The molecule has 0 spiro atoms. The van der Waals surface area contributed by atoms with Gasteiger partial charge in [-0.3, -0.25) is 4.79 Å². The van der Waals surface area contributed by atoms with Crippen LogP contribution in [0.15, 0.2) is 53.4 Å². The topological polar surface area (TPSA) is 66.4 Å². The average Bonchev–Trinajstić information content (AvgIpc) is 2.46. The maximum Gasteiger partial charge on any atom is 0.339 e. The van der Waals surface area contributed by atoms with Gasteiger partial charge in [0.1, 0.15) is 5.56 Å². The summed E-state index contributed by atoms with van der Waals surface area (Å²) < 4.78 is 0. The molecular weight excluding hydrogens is 310 g/mol. The first-order valence-electron chi connectivity index (χ1n) is 6.07. The Morgan fingerprint density at radius 2 is 1.81 bits per heavy atom. The number of amides is 1. The van der Waals surface area contributed by atoms with E-state index < -0.39 is 5.97 Å². The van der Waals surface area contributed by atoms with Crippen molar-refractivity contribution in [3.05, 3.63) is 59.1 Å². The van der Waals surface area contributed by atoms with Crippen molar-refractivity contribution in [2.45, 2.75) is 4.90 Å². The van der Waals surface area contributed by atoms with Crippen molar-refractivity contribution >= 4 is 40.9 Å². The molecule has 108 valence electrons. The number of thioether (sulfide) groups is 1. The van der Waals surface area contributed by atoms with Crippen molar-refractivity contribution in [2.75, 3.05) is 11.1 Å². The largest absolute Gasteiger partial charge is 0.478 e. The second kappa shape index (κ2) is 7.15. The van der Waals surface area contributed by atoms with E-state index in [1.54, 1.807) is 6.07 Å². The van der Waals surface area contributed by atoms with Gasteiger partial charge in [-0.25, -0.2) is 4.79 Å². The van der Waals surface area contributed by atoms with Gasteiger partial charge in [0, 0.05) is 4.90 Å². The Bertz CT molecular complexity index is 661. The molecule has 0 radical (unpaired) electrons. The molecule has 2 rings (SSSR count). The van der Waals surface area contributed by atoms with Gasteiger partial charge in [0.05, 0.1) is 16.5 Å². The van der Waals surface area contributed by atoms with Crippen LogP contribution in [-0.2, 0) is 4.79 Å². The van der Waals surface area contributed by atoms with Crippen LogP contribution in [-0.4, -0.2) is 22.7 Å². The molecule has 0 aliphatic heterocycles. The average molecular weight is 322 g/mol. The monoisotopic (exact) mass is 321 g/mol. The maximum absolute atomic E-state index is 11.9. The summed E-state index contributed by atoms with van der Waals surface area (Å²) in [6.07, 6.45) is 0. The van der Waals surface area contributed by atoms with Gasteiger partial charge in [-0.1, -0.05) is 35.9 Å². The van der Waals surface area contributed by atoms with E-state index in [1.165, 1.54) is 23.9 Å². The van der Waals surface area contributed by atoms with Gasteiger partial charge in [0.15, 0.2) is 0 Å². The Morgan fingerprint density at radius 3 is 2.48 bits per heavy atom. The number of anilines is 1. The molecule has 0 saturated carbocycles. The molecule has 2 aromatic carbocycles. The summed E-state index contributed by atoms with van der Waals surface area (Å²) in [5.41, 5.74) is 0.103. The van der Waals surface area contributed by atoms with Crippen LogP contribution < -0.4 is 5.32 Å². The molecule has 0 heterocycles. The van der Waals surface area contributed by atoms with E-state index in [4.69, 9.17) is 16.7 Å². The van der Waals surface area contributed by atoms with Crippen molar-refractivity contribution in [3.63, 3.8) is 0 Å². The van der Waals surface area contributed by atoms with Gasteiger partial charge >= 0.3 is 5.97 Å². The van der Waals surface area contributed by atoms with Crippen molar-refractivity contribution < 1.29 is 14.7 Å². The normalized spacial score (nSPS) is 10.1. The number of carbonyl (C=O) groups is 2. The van der Waals surface area contributed by atoms with Crippen molar-refractivity contribution in [1.29, 1.82) is 0 Å². The summed E-state index contributed by atoms with van der Waals surface area (Å²) in [6, 6.07) is 14.1. The fourth-order valence-electron chi connectivity index (χ4n) is 1.70. The number of hydrogen-bond acceptors (Lipinski definition) is 3. The molecule has 0 aliphatic rings. The Balaban J connectivity index is 2.03. The first kappa shape index (κ1) is 15.4. The van der Waals surface area contributed by atoms with Crippen LogP contribution in [0.2, 0.25) is 5.02 Å². The molecule has 0 atom stereocenters. The number of aromatic carboxylic acids is 1. The van der Waals surface area contributed by atoms with E-state index in [9.17, 15) is 9.59 Å². The first-order chi connectivity index (χ1) is 10.1. The molecule has 0 aliphatic carbocycles. The number of halogens is 1. The maximum atomic E-state index is 11.9. The predicted molar refractivity (Wildman–Crippen MR) is 84.2 cm³/mol. The number of rotatable bonds is 5. The zero-order valence-electron chi connectivity index (χ0n) is 10.9. The fourth-order valence-corrected chi connectivity index (χ4v) is 2.67. The minimum absolute atomic E-state index is 0.0935.